The van der Waals surface area contributed by atoms with Gasteiger partial charge in [0.1, 0.15) is 5.71 Å². The van der Waals surface area contributed by atoms with E-state index in [1.165, 1.54) is 5.01 Å². The number of carbonyl (C=O) groups excluding carboxylic acids is 2. The summed E-state index contributed by atoms with van der Waals surface area (Å²) in [4.78, 5) is 26.4. The molecule has 0 radical (unpaired) electrons. The third-order valence-corrected chi connectivity index (χ3v) is 4.83. The average Bonchev–Trinajstić information content (AvgIpc) is 2.87. The van der Waals surface area contributed by atoms with Crippen LogP contribution in [0.1, 0.15) is 43.5 Å². The van der Waals surface area contributed by atoms with Crippen molar-refractivity contribution in [2.75, 3.05) is 13.6 Å². The number of nitrogens with zero attached hydrogens (tertiary/aromatic N) is 5. The number of hydrazone groups is 1. The standard InChI is InChI=1S/C17H25N5O2/c1-12-10-13(2)22(18-12)11-14-6-4-5-9-21(14)17(24)15-7-8-16(23)20(3)19-15/h10,14H,4-9,11H2,1-3H3. The minimum atomic E-state index is -0.0376. The summed E-state index contributed by atoms with van der Waals surface area (Å²) in [5, 5.41) is 10.0. The van der Waals surface area contributed by atoms with E-state index in [0.717, 1.165) is 37.2 Å². The number of amides is 2. The van der Waals surface area contributed by atoms with Crippen molar-refractivity contribution in [1.29, 1.82) is 0 Å². The normalized spacial score (nSPS) is 21.9. The number of likely N-dealkylation sites (tertiary alicyclic amines) is 1. The van der Waals surface area contributed by atoms with Crippen molar-refractivity contribution in [3.63, 3.8) is 0 Å². The van der Waals surface area contributed by atoms with Crippen molar-refractivity contribution in [1.82, 2.24) is 19.7 Å². The smallest absolute Gasteiger partial charge is 0.270 e. The van der Waals surface area contributed by atoms with Crippen LogP contribution in [0.5, 0.6) is 0 Å². The highest BCUT2D eigenvalue weighted by Gasteiger charge is 2.32. The number of aryl methyl sites for hydroxylation is 2. The van der Waals surface area contributed by atoms with E-state index in [4.69, 9.17) is 0 Å². The molecule has 0 aromatic carbocycles. The summed E-state index contributed by atoms with van der Waals surface area (Å²) in [6.07, 6.45) is 3.91. The maximum Gasteiger partial charge on any atom is 0.270 e. The first-order valence-electron chi connectivity index (χ1n) is 8.62. The monoisotopic (exact) mass is 331 g/mol. The lowest BCUT2D eigenvalue weighted by molar-refractivity contribution is -0.131. The van der Waals surface area contributed by atoms with Crippen LogP contribution in [0, 0.1) is 13.8 Å². The number of piperidine rings is 1. The first kappa shape index (κ1) is 16.7. The van der Waals surface area contributed by atoms with E-state index in [9.17, 15) is 9.59 Å². The lowest BCUT2D eigenvalue weighted by atomic mass is 10.0. The maximum absolute atomic E-state index is 12.9. The third-order valence-electron chi connectivity index (χ3n) is 4.83. The minimum Gasteiger partial charge on any atom is -0.333 e. The lowest BCUT2D eigenvalue weighted by Gasteiger charge is -2.36. The molecule has 7 nitrogen and oxygen atoms in total. The summed E-state index contributed by atoms with van der Waals surface area (Å²) >= 11 is 0. The van der Waals surface area contributed by atoms with Gasteiger partial charge in [-0.3, -0.25) is 14.3 Å². The van der Waals surface area contributed by atoms with E-state index >= 15 is 0 Å². The van der Waals surface area contributed by atoms with Gasteiger partial charge in [0.15, 0.2) is 0 Å². The Kier molecular flexibility index (Phi) is 4.69. The van der Waals surface area contributed by atoms with Gasteiger partial charge in [-0.05, 0) is 39.2 Å². The van der Waals surface area contributed by atoms with Crippen LogP contribution in [-0.4, -0.2) is 56.8 Å². The van der Waals surface area contributed by atoms with Crippen LogP contribution < -0.4 is 0 Å². The molecule has 130 valence electrons. The Hall–Kier alpha value is -2.18. The number of rotatable bonds is 3. The molecule has 3 heterocycles. The molecule has 1 atom stereocenters. The van der Waals surface area contributed by atoms with Gasteiger partial charge in [-0.2, -0.15) is 10.2 Å². The van der Waals surface area contributed by atoms with Crippen molar-refractivity contribution in [3.05, 3.63) is 17.5 Å². The van der Waals surface area contributed by atoms with Gasteiger partial charge >= 0.3 is 0 Å². The highest BCUT2D eigenvalue weighted by molar-refractivity contribution is 6.39. The van der Waals surface area contributed by atoms with Crippen LogP contribution in [-0.2, 0) is 16.1 Å². The summed E-state index contributed by atoms with van der Waals surface area (Å²) in [5.41, 5.74) is 2.61. The Labute approximate surface area is 142 Å². The van der Waals surface area contributed by atoms with E-state index in [1.807, 2.05) is 23.4 Å². The number of carbonyl (C=O) groups is 2. The molecule has 7 heteroatoms. The van der Waals surface area contributed by atoms with Crippen LogP contribution in [0.3, 0.4) is 0 Å². The van der Waals surface area contributed by atoms with Crippen molar-refractivity contribution < 1.29 is 9.59 Å². The maximum atomic E-state index is 12.9. The molecule has 2 amide bonds. The molecule has 3 rings (SSSR count). The SMILES string of the molecule is Cc1cc(C)n(CC2CCCCN2C(=O)C2=NN(C)C(=O)CC2)n1. The third kappa shape index (κ3) is 3.34. The number of hydrogen-bond acceptors (Lipinski definition) is 4. The zero-order valence-electron chi connectivity index (χ0n) is 14.7. The molecule has 0 spiro atoms. The Morgan fingerprint density at radius 3 is 2.75 bits per heavy atom. The molecule has 0 saturated carbocycles. The summed E-state index contributed by atoms with van der Waals surface area (Å²) in [6.45, 7) is 5.49. The summed E-state index contributed by atoms with van der Waals surface area (Å²) < 4.78 is 1.99. The van der Waals surface area contributed by atoms with Crippen LogP contribution in [0.4, 0.5) is 0 Å². The Morgan fingerprint density at radius 1 is 1.29 bits per heavy atom. The van der Waals surface area contributed by atoms with E-state index in [2.05, 4.69) is 16.3 Å². The molecule has 1 unspecified atom stereocenters. The van der Waals surface area contributed by atoms with Gasteiger partial charge < -0.3 is 4.90 Å². The quantitative estimate of drug-likeness (QED) is 0.842. The first-order valence-corrected chi connectivity index (χ1v) is 8.62. The molecular weight excluding hydrogens is 306 g/mol. The van der Waals surface area contributed by atoms with E-state index in [0.29, 0.717) is 25.1 Å². The largest absolute Gasteiger partial charge is 0.333 e. The molecule has 0 N–H and O–H groups in total. The second kappa shape index (κ2) is 6.75. The number of aromatic nitrogens is 2. The highest BCUT2D eigenvalue weighted by Crippen LogP contribution is 2.21. The minimum absolute atomic E-state index is 0.0272. The molecule has 1 aromatic heterocycles. The predicted molar refractivity (Wildman–Crippen MR) is 90.5 cm³/mol. The van der Waals surface area contributed by atoms with Gasteiger partial charge in [0.05, 0.1) is 18.3 Å². The van der Waals surface area contributed by atoms with Gasteiger partial charge in [0.25, 0.3) is 5.91 Å². The fraction of sp³-hybridized carbons (Fsp3) is 0.647. The second-order valence-electron chi connectivity index (χ2n) is 6.72. The molecule has 1 aromatic rings. The molecule has 0 aliphatic carbocycles. The van der Waals surface area contributed by atoms with Crippen molar-refractivity contribution >= 4 is 17.5 Å². The molecule has 2 aliphatic rings. The van der Waals surface area contributed by atoms with Crippen molar-refractivity contribution in [2.24, 2.45) is 5.10 Å². The molecule has 0 bridgehead atoms. The van der Waals surface area contributed by atoms with E-state index < -0.39 is 0 Å². The van der Waals surface area contributed by atoms with Gasteiger partial charge in [0.2, 0.25) is 5.91 Å². The first-order chi connectivity index (χ1) is 11.5. The number of hydrogen-bond donors (Lipinski definition) is 0. The van der Waals surface area contributed by atoms with Gasteiger partial charge in [-0.1, -0.05) is 0 Å². The lowest BCUT2D eigenvalue weighted by Crippen LogP contribution is -2.49. The summed E-state index contributed by atoms with van der Waals surface area (Å²) in [5.74, 6) is -0.0648. The van der Waals surface area contributed by atoms with Crippen LogP contribution in [0.25, 0.3) is 0 Å². The highest BCUT2D eigenvalue weighted by atomic mass is 16.2. The van der Waals surface area contributed by atoms with Gasteiger partial charge in [-0.15, -0.1) is 0 Å². The molecular formula is C17H25N5O2. The molecule has 1 saturated heterocycles. The zero-order chi connectivity index (χ0) is 17.3. The predicted octanol–water partition coefficient (Wildman–Crippen LogP) is 1.49. The summed E-state index contributed by atoms with van der Waals surface area (Å²) in [6, 6.07) is 2.19. The second-order valence-corrected chi connectivity index (χ2v) is 6.72. The van der Waals surface area contributed by atoms with E-state index in [1.54, 1.807) is 7.05 Å². The fourth-order valence-corrected chi connectivity index (χ4v) is 3.51. The Bertz CT molecular complexity index is 679. The van der Waals surface area contributed by atoms with Crippen LogP contribution in [0.15, 0.2) is 11.2 Å². The van der Waals surface area contributed by atoms with Crippen molar-refractivity contribution in [2.45, 2.75) is 58.5 Å². The average molecular weight is 331 g/mol. The van der Waals surface area contributed by atoms with Crippen molar-refractivity contribution in [3.8, 4) is 0 Å². The topological polar surface area (TPSA) is 70.8 Å². The molecule has 1 fully saturated rings. The summed E-state index contributed by atoms with van der Waals surface area (Å²) in [7, 11) is 1.61. The fourth-order valence-electron chi connectivity index (χ4n) is 3.51. The van der Waals surface area contributed by atoms with E-state index in [-0.39, 0.29) is 17.9 Å². The van der Waals surface area contributed by atoms with Gasteiger partial charge in [0, 0.05) is 32.1 Å². The molecule has 24 heavy (non-hydrogen) atoms. The molecule has 2 aliphatic heterocycles. The Morgan fingerprint density at radius 2 is 2.08 bits per heavy atom. The Balaban J connectivity index is 1.77. The van der Waals surface area contributed by atoms with Crippen LogP contribution in [0.2, 0.25) is 0 Å². The zero-order valence-corrected chi connectivity index (χ0v) is 14.7. The van der Waals surface area contributed by atoms with Crippen LogP contribution >= 0.6 is 0 Å². The van der Waals surface area contributed by atoms with Gasteiger partial charge in [-0.25, -0.2) is 5.01 Å².